The van der Waals surface area contributed by atoms with Crippen molar-refractivity contribution < 1.29 is 8.83 Å². The molecule has 0 bridgehead atoms. The molecule has 2 aromatic heterocycles. The molecular weight excluding hydrogens is 202 g/mol. The maximum atomic E-state index is 5.13. The van der Waals surface area contributed by atoms with Crippen molar-refractivity contribution in [3.63, 3.8) is 0 Å². The molecule has 0 saturated heterocycles. The van der Waals surface area contributed by atoms with Crippen molar-refractivity contribution in [3.05, 3.63) is 48.3 Å². The Labute approximate surface area is 95.5 Å². The predicted molar refractivity (Wildman–Crippen MR) is 62.2 cm³/mol. The van der Waals surface area contributed by atoms with Crippen LogP contribution in [0.1, 0.15) is 30.5 Å². The van der Waals surface area contributed by atoms with Gasteiger partial charge in [-0.2, -0.15) is 0 Å². The Kier molecular flexibility index (Phi) is 3.83. The summed E-state index contributed by atoms with van der Waals surface area (Å²) in [6, 6.07) is 4.31. The molecule has 0 aliphatic heterocycles. The number of hydrogen-bond donors (Lipinski definition) is 1. The van der Waals surface area contributed by atoms with Crippen molar-refractivity contribution in [1.82, 2.24) is 5.32 Å². The lowest BCUT2D eigenvalue weighted by molar-refractivity contribution is 0.507. The molecule has 0 aromatic carbocycles. The van der Waals surface area contributed by atoms with Gasteiger partial charge in [-0.05, 0) is 37.1 Å². The zero-order chi connectivity index (χ0) is 11.2. The number of rotatable bonds is 6. The van der Waals surface area contributed by atoms with Gasteiger partial charge in [-0.25, -0.2) is 0 Å². The van der Waals surface area contributed by atoms with E-state index in [1.54, 1.807) is 25.1 Å². The maximum Gasteiger partial charge on any atom is 0.0950 e. The van der Waals surface area contributed by atoms with Crippen LogP contribution in [0.4, 0.5) is 0 Å². The minimum absolute atomic E-state index is 0.302. The lowest BCUT2D eigenvalue weighted by atomic mass is 10.0. The SMILES string of the molecule is CCCNC(Cc1ccoc1)c1ccoc1. The summed E-state index contributed by atoms with van der Waals surface area (Å²) in [5.41, 5.74) is 2.39. The van der Waals surface area contributed by atoms with Gasteiger partial charge in [0.25, 0.3) is 0 Å². The van der Waals surface area contributed by atoms with Crippen LogP contribution in [0.3, 0.4) is 0 Å². The molecule has 0 radical (unpaired) electrons. The van der Waals surface area contributed by atoms with Crippen molar-refractivity contribution in [1.29, 1.82) is 0 Å². The second-order valence-corrected chi connectivity index (χ2v) is 3.90. The smallest absolute Gasteiger partial charge is 0.0950 e. The molecule has 1 N–H and O–H groups in total. The first-order chi connectivity index (χ1) is 7.90. The Morgan fingerprint density at radius 1 is 1.19 bits per heavy atom. The van der Waals surface area contributed by atoms with Crippen LogP contribution in [-0.4, -0.2) is 6.54 Å². The van der Waals surface area contributed by atoms with Crippen LogP contribution in [0.5, 0.6) is 0 Å². The maximum absolute atomic E-state index is 5.13. The van der Waals surface area contributed by atoms with Crippen molar-refractivity contribution in [2.75, 3.05) is 6.54 Å². The first-order valence-corrected chi connectivity index (χ1v) is 5.66. The Balaban J connectivity index is 2.03. The lowest BCUT2D eigenvalue weighted by Crippen LogP contribution is -2.23. The molecule has 2 rings (SSSR count). The molecule has 86 valence electrons. The highest BCUT2D eigenvalue weighted by molar-refractivity contribution is 5.17. The molecule has 2 aromatic rings. The van der Waals surface area contributed by atoms with E-state index in [2.05, 4.69) is 12.2 Å². The van der Waals surface area contributed by atoms with Crippen LogP contribution < -0.4 is 5.32 Å². The Morgan fingerprint density at radius 2 is 2.00 bits per heavy atom. The van der Waals surface area contributed by atoms with E-state index in [1.807, 2.05) is 12.1 Å². The Hall–Kier alpha value is -1.48. The summed E-state index contributed by atoms with van der Waals surface area (Å²) in [5.74, 6) is 0. The fourth-order valence-electron chi connectivity index (χ4n) is 1.74. The average molecular weight is 219 g/mol. The molecule has 0 amide bonds. The van der Waals surface area contributed by atoms with E-state index >= 15 is 0 Å². The molecular formula is C13H17NO2. The standard InChI is InChI=1S/C13H17NO2/c1-2-5-14-13(12-4-7-16-10-12)8-11-3-6-15-9-11/h3-4,6-7,9-10,13-14H,2,5,8H2,1H3. The molecule has 0 aliphatic rings. The highest BCUT2D eigenvalue weighted by atomic mass is 16.3. The first kappa shape index (κ1) is 11.0. The largest absolute Gasteiger partial charge is 0.472 e. The topological polar surface area (TPSA) is 38.3 Å². The molecule has 1 unspecified atom stereocenters. The van der Waals surface area contributed by atoms with Gasteiger partial charge in [-0.3, -0.25) is 0 Å². The summed E-state index contributed by atoms with van der Waals surface area (Å²) in [5, 5.41) is 3.51. The molecule has 1 atom stereocenters. The summed E-state index contributed by atoms with van der Waals surface area (Å²) in [4.78, 5) is 0. The second kappa shape index (κ2) is 5.56. The van der Waals surface area contributed by atoms with Gasteiger partial charge in [0.15, 0.2) is 0 Å². The molecule has 3 nitrogen and oxygen atoms in total. The molecule has 3 heteroatoms. The third-order valence-corrected chi connectivity index (χ3v) is 2.61. The Morgan fingerprint density at radius 3 is 2.62 bits per heavy atom. The van der Waals surface area contributed by atoms with E-state index in [1.165, 1.54) is 11.1 Å². The van der Waals surface area contributed by atoms with Gasteiger partial charge in [0.2, 0.25) is 0 Å². The van der Waals surface area contributed by atoms with E-state index in [-0.39, 0.29) is 0 Å². The van der Waals surface area contributed by atoms with Crippen LogP contribution in [0, 0.1) is 0 Å². The van der Waals surface area contributed by atoms with Gasteiger partial charge in [0.1, 0.15) is 0 Å². The fraction of sp³-hybridized carbons (Fsp3) is 0.385. The van der Waals surface area contributed by atoms with E-state index in [0.717, 1.165) is 19.4 Å². The monoisotopic (exact) mass is 219 g/mol. The summed E-state index contributed by atoms with van der Waals surface area (Å²) in [6.07, 6.45) is 9.07. The van der Waals surface area contributed by atoms with Crippen molar-refractivity contribution in [3.8, 4) is 0 Å². The third kappa shape index (κ3) is 2.76. The molecule has 0 spiro atoms. The zero-order valence-electron chi connectivity index (χ0n) is 9.48. The molecule has 0 saturated carbocycles. The van der Waals surface area contributed by atoms with Gasteiger partial charge in [-0.1, -0.05) is 6.92 Å². The normalized spacial score (nSPS) is 12.8. The molecule has 0 aliphatic carbocycles. The van der Waals surface area contributed by atoms with E-state index in [4.69, 9.17) is 8.83 Å². The van der Waals surface area contributed by atoms with Crippen LogP contribution in [-0.2, 0) is 6.42 Å². The van der Waals surface area contributed by atoms with Crippen LogP contribution in [0.15, 0.2) is 46.0 Å². The summed E-state index contributed by atoms with van der Waals surface area (Å²) >= 11 is 0. The summed E-state index contributed by atoms with van der Waals surface area (Å²) in [7, 11) is 0. The number of nitrogens with one attached hydrogen (secondary N) is 1. The average Bonchev–Trinajstić information content (AvgIpc) is 2.96. The minimum Gasteiger partial charge on any atom is -0.472 e. The summed E-state index contributed by atoms with van der Waals surface area (Å²) < 4.78 is 10.2. The van der Waals surface area contributed by atoms with E-state index in [9.17, 15) is 0 Å². The van der Waals surface area contributed by atoms with Crippen molar-refractivity contribution in [2.45, 2.75) is 25.8 Å². The third-order valence-electron chi connectivity index (χ3n) is 2.61. The predicted octanol–water partition coefficient (Wildman–Crippen LogP) is 3.16. The van der Waals surface area contributed by atoms with Crippen molar-refractivity contribution in [2.24, 2.45) is 0 Å². The van der Waals surface area contributed by atoms with E-state index < -0.39 is 0 Å². The highest BCUT2D eigenvalue weighted by Crippen LogP contribution is 2.19. The van der Waals surface area contributed by atoms with Gasteiger partial charge >= 0.3 is 0 Å². The van der Waals surface area contributed by atoms with Crippen LogP contribution in [0.2, 0.25) is 0 Å². The van der Waals surface area contributed by atoms with E-state index in [0.29, 0.717) is 6.04 Å². The second-order valence-electron chi connectivity index (χ2n) is 3.90. The van der Waals surface area contributed by atoms with Gasteiger partial charge < -0.3 is 14.2 Å². The Bertz CT molecular complexity index is 378. The first-order valence-electron chi connectivity index (χ1n) is 5.66. The highest BCUT2D eigenvalue weighted by Gasteiger charge is 2.13. The lowest BCUT2D eigenvalue weighted by Gasteiger charge is -2.15. The molecule has 2 heterocycles. The van der Waals surface area contributed by atoms with Gasteiger partial charge in [0.05, 0.1) is 25.1 Å². The minimum atomic E-state index is 0.302. The fourth-order valence-corrected chi connectivity index (χ4v) is 1.74. The molecule has 0 fully saturated rings. The number of furan rings is 2. The number of hydrogen-bond acceptors (Lipinski definition) is 3. The van der Waals surface area contributed by atoms with Crippen molar-refractivity contribution >= 4 is 0 Å². The van der Waals surface area contributed by atoms with Crippen LogP contribution >= 0.6 is 0 Å². The zero-order valence-corrected chi connectivity index (χ0v) is 9.48. The summed E-state index contributed by atoms with van der Waals surface area (Å²) in [6.45, 7) is 3.17. The van der Waals surface area contributed by atoms with Gasteiger partial charge in [0, 0.05) is 11.6 Å². The quantitative estimate of drug-likeness (QED) is 0.811. The molecule has 16 heavy (non-hydrogen) atoms. The van der Waals surface area contributed by atoms with Gasteiger partial charge in [-0.15, -0.1) is 0 Å². The van der Waals surface area contributed by atoms with Crippen LogP contribution in [0.25, 0.3) is 0 Å².